The zero-order chi connectivity index (χ0) is 25.2. The van der Waals surface area contributed by atoms with Crippen LogP contribution in [-0.4, -0.2) is 54.2 Å². The van der Waals surface area contributed by atoms with Crippen molar-refractivity contribution in [2.24, 2.45) is 17.8 Å². The van der Waals surface area contributed by atoms with Gasteiger partial charge < -0.3 is 14.6 Å². The molecule has 1 saturated heterocycles. The second-order valence-electron chi connectivity index (χ2n) is 9.41. The number of likely N-dealkylation sites (tertiary alicyclic amines) is 1. The first-order valence-electron chi connectivity index (χ1n) is 11.7. The van der Waals surface area contributed by atoms with Crippen molar-refractivity contribution in [3.05, 3.63) is 52.1 Å². The van der Waals surface area contributed by atoms with Crippen molar-refractivity contribution in [2.75, 3.05) is 20.8 Å². The highest BCUT2D eigenvalue weighted by atomic mass is 16.5. The number of hydrogen-bond donors (Lipinski definition) is 1. The van der Waals surface area contributed by atoms with Gasteiger partial charge in [0.05, 0.1) is 26.1 Å². The standard InChI is InChI=1S/C27H27NO7/c1-5-28-26(32)15-7-6-14-16(21(15)27(28)33)11-17-18(30)8-12(2)25(31)23(17)22(14)24-19(34-3)9-13(29)10-20(24)35-4/h6,8-10,15-16,21-22,29H,5,7,11H2,1-4H3. The number of ether oxygens (including phenoxy) is 2. The molecule has 1 N–H and O–H groups in total. The van der Waals surface area contributed by atoms with Crippen LogP contribution in [0.2, 0.25) is 0 Å². The molecule has 1 aromatic carbocycles. The van der Waals surface area contributed by atoms with Crippen LogP contribution < -0.4 is 9.47 Å². The molecule has 0 aromatic heterocycles. The zero-order valence-corrected chi connectivity index (χ0v) is 20.1. The van der Waals surface area contributed by atoms with E-state index in [9.17, 15) is 24.3 Å². The third-order valence-corrected chi connectivity index (χ3v) is 7.79. The van der Waals surface area contributed by atoms with Gasteiger partial charge in [0.15, 0.2) is 11.6 Å². The van der Waals surface area contributed by atoms with Gasteiger partial charge in [-0.2, -0.15) is 0 Å². The molecular formula is C27H27NO7. The number of hydrogen-bond acceptors (Lipinski definition) is 7. The molecule has 4 atom stereocenters. The van der Waals surface area contributed by atoms with Gasteiger partial charge in [-0.1, -0.05) is 11.6 Å². The molecule has 2 amide bonds. The number of phenols is 1. The van der Waals surface area contributed by atoms with Gasteiger partial charge in [0, 0.05) is 46.9 Å². The third-order valence-electron chi connectivity index (χ3n) is 7.79. The Kier molecular flexibility index (Phi) is 5.42. The number of ketones is 2. The number of amides is 2. The largest absolute Gasteiger partial charge is 0.508 e. The van der Waals surface area contributed by atoms with Gasteiger partial charge in [0.25, 0.3) is 0 Å². The van der Waals surface area contributed by atoms with Gasteiger partial charge in [-0.3, -0.25) is 24.1 Å². The summed E-state index contributed by atoms with van der Waals surface area (Å²) in [4.78, 5) is 54.3. The lowest BCUT2D eigenvalue weighted by Crippen LogP contribution is -2.40. The monoisotopic (exact) mass is 477 g/mol. The molecule has 182 valence electrons. The molecule has 3 aliphatic carbocycles. The van der Waals surface area contributed by atoms with E-state index in [0.29, 0.717) is 46.7 Å². The van der Waals surface area contributed by atoms with E-state index in [-0.39, 0.29) is 35.6 Å². The number of methoxy groups -OCH3 is 2. The van der Waals surface area contributed by atoms with Gasteiger partial charge in [-0.25, -0.2) is 0 Å². The van der Waals surface area contributed by atoms with Crippen molar-refractivity contribution in [2.45, 2.75) is 32.6 Å². The summed E-state index contributed by atoms with van der Waals surface area (Å²) in [5.74, 6) is -2.58. The number of allylic oxidation sites excluding steroid dienone is 6. The quantitative estimate of drug-likeness (QED) is 0.403. The summed E-state index contributed by atoms with van der Waals surface area (Å²) < 4.78 is 11.2. The van der Waals surface area contributed by atoms with Crippen molar-refractivity contribution in [3.8, 4) is 17.2 Å². The Morgan fingerprint density at radius 3 is 2.29 bits per heavy atom. The van der Waals surface area contributed by atoms with E-state index < -0.39 is 23.7 Å². The number of rotatable bonds is 4. The summed E-state index contributed by atoms with van der Waals surface area (Å²) in [7, 11) is 2.91. The van der Waals surface area contributed by atoms with Crippen LogP contribution >= 0.6 is 0 Å². The molecule has 8 nitrogen and oxygen atoms in total. The maximum Gasteiger partial charge on any atom is 0.233 e. The van der Waals surface area contributed by atoms with Gasteiger partial charge in [-0.05, 0) is 38.7 Å². The number of carbonyl (C=O) groups is 4. The van der Waals surface area contributed by atoms with Crippen molar-refractivity contribution in [3.63, 3.8) is 0 Å². The third kappa shape index (κ3) is 3.19. The summed E-state index contributed by atoms with van der Waals surface area (Å²) in [5, 5.41) is 10.2. The van der Waals surface area contributed by atoms with E-state index in [1.165, 1.54) is 37.3 Å². The van der Waals surface area contributed by atoms with E-state index in [4.69, 9.17) is 9.47 Å². The highest BCUT2D eigenvalue weighted by Crippen LogP contribution is 2.57. The number of carbonyl (C=O) groups excluding carboxylic acids is 4. The summed E-state index contributed by atoms with van der Waals surface area (Å²) in [6.45, 7) is 3.68. The molecule has 8 heteroatoms. The first-order chi connectivity index (χ1) is 16.7. The molecule has 0 radical (unpaired) electrons. The van der Waals surface area contributed by atoms with Crippen LogP contribution in [0.15, 0.2) is 46.6 Å². The van der Waals surface area contributed by atoms with E-state index in [0.717, 1.165) is 5.57 Å². The van der Waals surface area contributed by atoms with E-state index in [1.54, 1.807) is 13.8 Å². The van der Waals surface area contributed by atoms with Gasteiger partial charge in [-0.15, -0.1) is 0 Å². The Morgan fingerprint density at radius 1 is 1.03 bits per heavy atom. The number of imide groups is 1. The summed E-state index contributed by atoms with van der Waals surface area (Å²) in [6, 6.07) is 2.88. The Hall–Kier alpha value is -3.68. The summed E-state index contributed by atoms with van der Waals surface area (Å²) in [6.07, 6.45) is 3.88. The Balaban J connectivity index is 1.77. The fourth-order valence-corrected chi connectivity index (χ4v) is 6.28. The second-order valence-corrected chi connectivity index (χ2v) is 9.41. The lowest BCUT2D eigenvalue weighted by atomic mass is 9.59. The highest BCUT2D eigenvalue weighted by Gasteiger charge is 2.56. The summed E-state index contributed by atoms with van der Waals surface area (Å²) >= 11 is 0. The average Bonchev–Trinajstić information content (AvgIpc) is 3.10. The van der Waals surface area contributed by atoms with Crippen LogP contribution in [-0.2, 0) is 19.2 Å². The number of phenolic OH excluding ortho intramolecular Hbond substituents is 1. The lowest BCUT2D eigenvalue weighted by Gasteiger charge is -2.42. The first-order valence-corrected chi connectivity index (χ1v) is 11.7. The fourth-order valence-electron chi connectivity index (χ4n) is 6.28. The molecule has 0 bridgehead atoms. The number of fused-ring (bicyclic) bond motifs is 3. The second kappa shape index (κ2) is 8.22. The van der Waals surface area contributed by atoms with Crippen LogP contribution in [0.25, 0.3) is 0 Å². The molecule has 0 saturated carbocycles. The van der Waals surface area contributed by atoms with Crippen LogP contribution in [0.5, 0.6) is 17.2 Å². The van der Waals surface area contributed by atoms with E-state index in [2.05, 4.69) is 0 Å². The van der Waals surface area contributed by atoms with Gasteiger partial charge in [0.1, 0.15) is 17.2 Å². The van der Waals surface area contributed by atoms with Crippen molar-refractivity contribution < 1.29 is 33.8 Å². The molecule has 4 aliphatic rings. The minimum atomic E-state index is -0.714. The maximum atomic E-state index is 13.5. The predicted octanol–water partition coefficient (Wildman–Crippen LogP) is 2.86. The minimum Gasteiger partial charge on any atom is -0.508 e. The summed E-state index contributed by atoms with van der Waals surface area (Å²) in [5.41, 5.74) is 2.37. The number of benzene rings is 1. The Labute approximate surface area is 202 Å². The van der Waals surface area contributed by atoms with Crippen molar-refractivity contribution in [1.82, 2.24) is 4.90 Å². The Morgan fingerprint density at radius 2 is 1.69 bits per heavy atom. The van der Waals surface area contributed by atoms with Crippen LogP contribution in [0, 0.1) is 17.8 Å². The lowest BCUT2D eigenvalue weighted by molar-refractivity contribution is -0.139. The van der Waals surface area contributed by atoms with Crippen LogP contribution in [0.3, 0.4) is 0 Å². The molecule has 5 rings (SSSR count). The average molecular weight is 478 g/mol. The number of nitrogens with zero attached hydrogens (tertiary/aromatic N) is 1. The predicted molar refractivity (Wildman–Crippen MR) is 125 cm³/mol. The normalized spacial score (nSPS) is 27.8. The molecule has 4 unspecified atom stereocenters. The maximum absolute atomic E-state index is 13.5. The van der Waals surface area contributed by atoms with Crippen LogP contribution in [0.4, 0.5) is 0 Å². The molecule has 35 heavy (non-hydrogen) atoms. The van der Waals surface area contributed by atoms with Crippen molar-refractivity contribution in [1.29, 1.82) is 0 Å². The first kappa shape index (κ1) is 23.1. The van der Waals surface area contributed by atoms with Crippen LogP contribution in [0.1, 0.15) is 38.2 Å². The minimum absolute atomic E-state index is 0.0704. The number of Topliss-reactive ketones (excluding diaryl/α,β-unsaturated/α-hetero) is 1. The smallest absolute Gasteiger partial charge is 0.233 e. The zero-order valence-electron chi connectivity index (χ0n) is 20.1. The molecule has 1 aromatic rings. The Bertz CT molecular complexity index is 1260. The van der Waals surface area contributed by atoms with Gasteiger partial charge >= 0.3 is 0 Å². The van der Waals surface area contributed by atoms with E-state index >= 15 is 0 Å². The number of aromatic hydroxyl groups is 1. The SMILES string of the molecule is CCN1C(=O)C2CC=C3C(c4c(OC)cc(O)cc4OC)C4=C(CC3C2C1=O)C(=O)C=C(C)C4=O. The molecular weight excluding hydrogens is 450 g/mol. The molecule has 1 fully saturated rings. The molecule has 0 spiro atoms. The topological polar surface area (TPSA) is 110 Å². The highest BCUT2D eigenvalue weighted by molar-refractivity contribution is 6.24. The van der Waals surface area contributed by atoms with E-state index in [1.807, 2.05) is 6.08 Å². The van der Waals surface area contributed by atoms with Crippen molar-refractivity contribution >= 4 is 23.4 Å². The fraction of sp³-hybridized carbons (Fsp3) is 0.407. The molecule has 1 aliphatic heterocycles. The van der Waals surface area contributed by atoms with Gasteiger partial charge in [0.2, 0.25) is 11.8 Å². The molecule has 1 heterocycles.